The number of alkyl carbamates (subject to hydrolysis) is 1. The van der Waals surface area contributed by atoms with Crippen LogP contribution in [0.5, 0.6) is 0 Å². The second kappa shape index (κ2) is 19.3. The van der Waals surface area contributed by atoms with Crippen LogP contribution >= 0.6 is 0 Å². The highest BCUT2D eigenvalue weighted by atomic mass is 16.6. The summed E-state index contributed by atoms with van der Waals surface area (Å²) >= 11 is 0. The highest BCUT2D eigenvalue weighted by Gasteiger charge is 2.38. The van der Waals surface area contributed by atoms with Crippen LogP contribution in [0.4, 0.5) is 4.79 Å². The number of nitrogens with two attached hydrogens (primary N) is 1. The Balaban J connectivity index is 0.000000787. The molecule has 0 aliphatic rings. The highest BCUT2D eigenvalue weighted by molar-refractivity contribution is 5.80. The molecule has 2 atom stereocenters. The molecule has 0 bridgehead atoms. The molecule has 0 aliphatic heterocycles. The second-order valence-electron chi connectivity index (χ2n) is 14.5. The summed E-state index contributed by atoms with van der Waals surface area (Å²) in [5.41, 5.74) is 6.58. The van der Waals surface area contributed by atoms with E-state index in [0.717, 1.165) is 12.8 Å². The Morgan fingerprint density at radius 2 is 1.15 bits per heavy atom. The second-order valence-corrected chi connectivity index (χ2v) is 14.5. The van der Waals surface area contributed by atoms with E-state index in [2.05, 4.69) is 61.7 Å². The number of carboxylic acids is 1. The van der Waals surface area contributed by atoms with Gasteiger partial charge < -0.3 is 20.9 Å². The normalized spacial score (nSPS) is 13.2. The van der Waals surface area contributed by atoms with Gasteiger partial charge in [0.1, 0.15) is 17.7 Å². The van der Waals surface area contributed by atoms with Crippen molar-refractivity contribution in [1.29, 1.82) is 5.26 Å². The summed E-state index contributed by atoms with van der Waals surface area (Å²) in [5.74, 6) is -1.04. The first-order chi connectivity index (χ1) is 21.2. The molecule has 0 unspecified atom stereocenters. The van der Waals surface area contributed by atoms with Crippen molar-refractivity contribution < 1.29 is 19.4 Å². The van der Waals surface area contributed by atoms with Gasteiger partial charge in [0.25, 0.3) is 0 Å². The van der Waals surface area contributed by atoms with E-state index in [9.17, 15) is 20.0 Å². The van der Waals surface area contributed by atoms with Crippen LogP contribution in [0.2, 0.25) is 0 Å². The first-order valence-corrected chi connectivity index (χ1v) is 16.5. The molecule has 46 heavy (non-hydrogen) atoms. The van der Waals surface area contributed by atoms with Gasteiger partial charge in [0.2, 0.25) is 0 Å². The molecule has 0 aliphatic carbocycles. The summed E-state index contributed by atoms with van der Waals surface area (Å²) in [7, 11) is 0. The van der Waals surface area contributed by atoms with Crippen LogP contribution in [0, 0.1) is 22.2 Å². The lowest BCUT2D eigenvalue weighted by atomic mass is 9.77. The third kappa shape index (κ3) is 15.7. The minimum atomic E-state index is -1.04. The molecular weight excluding hydrogens is 576 g/mol. The van der Waals surface area contributed by atoms with Crippen molar-refractivity contribution in [2.75, 3.05) is 0 Å². The predicted molar refractivity (Wildman–Crippen MR) is 189 cm³/mol. The molecule has 0 spiro atoms. The average Bonchev–Trinajstić information content (AvgIpc) is 2.99. The van der Waals surface area contributed by atoms with E-state index < -0.39 is 29.1 Å². The van der Waals surface area contributed by atoms with Crippen molar-refractivity contribution in [3.8, 4) is 6.07 Å². The summed E-state index contributed by atoms with van der Waals surface area (Å²) in [6, 6.07) is 22.1. The lowest BCUT2D eigenvalue weighted by Crippen LogP contribution is -2.52. The number of carbonyl (C=O) groups excluding carboxylic acids is 1. The number of carboxylic acid groups (broad SMARTS) is 1. The van der Waals surface area contributed by atoms with Gasteiger partial charge in [-0.25, -0.2) is 9.59 Å². The summed E-state index contributed by atoms with van der Waals surface area (Å²) in [4.78, 5) is 23.0. The van der Waals surface area contributed by atoms with E-state index >= 15 is 0 Å². The Morgan fingerprint density at radius 3 is 1.43 bits per heavy atom. The van der Waals surface area contributed by atoms with Gasteiger partial charge in [-0.2, -0.15) is 5.26 Å². The van der Waals surface area contributed by atoms with Crippen molar-refractivity contribution >= 4 is 12.1 Å². The van der Waals surface area contributed by atoms with Crippen molar-refractivity contribution in [3.63, 3.8) is 0 Å². The number of hydrogen-bond acceptors (Lipinski definition) is 6. The fourth-order valence-corrected chi connectivity index (χ4v) is 4.51. The molecule has 0 fully saturated rings. The topological polar surface area (TPSA) is 137 Å². The molecule has 2 aromatic rings. The van der Waals surface area contributed by atoms with E-state index in [0.29, 0.717) is 12.8 Å². The lowest BCUT2D eigenvalue weighted by Gasteiger charge is -2.35. The number of rotatable bonds is 12. The number of amides is 1. The average molecular weight is 639 g/mol. The van der Waals surface area contributed by atoms with Gasteiger partial charge in [0.05, 0.1) is 12.1 Å². The Kier molecular flexibility index (Phi) is 17.9. The molecule has 1 amide bonds. The maximum absolute atomic E-state index is 11.7. The first kappa shape index (κ1) is 42.6. The Hall–Kier alpha value is -3.41. The summed E-state index contributed by atoms with van der Waals surface area (Å²) in [6.45, 7) is 23.3. The number of hydrogen-bond donors (Lipinski definition) is 4. The van der Waals surface area contributed by atoms with Gasteiger partial charge in [-0.05, 0) is 89.2 Å². The van der Waals surface area contributed by atoms with Crippen LogP contribution in [0.15, 0.2) is 60.7 Å². The van der Waals surface area contributed by atoms with E-state index in [-0.39, 0.29) is 23.0 Å². The Labute approximate surface area is 279 Å². The fraction of sp³-hybridized carbons (Fsp3) is 0.605. The standard InChI is InChI=1S/C21H26N2.C13H25NO4.C4H11N/c1-4-21(3,5-2)19(16-22)23-20(17-12-8-6-9-13-17)18-14-10-7-11-15-18;1-7-13(6,8-2)9(10(15)16)14-11(17)18-12(3,4)5;1-4(2,3)5/h6-15,19-20,23H,4-5H2,1-3H3;9H,7-8H2,1-6H3,(H,14,17)(H,15,16);5H2,1-3H3/t19-;9-;/m00./s1. The van der Waals surface area contributed by atoms with E-state index in [1.165, 1.54) is 11.1 Å². The molecule has 8 heteroatoms. The molecule has 258 valence electrons. The van der Waals surface area contributed by atoms with Gasteiger partial charge in [0.15, 0.2) is 0 Å². The maximum Gasteiger partial charge on any atom is 0.408 e. The van der Waals surface area contributed by atoms with Gasteiger partial charge in [0, 0.05) is 5.54 Å². The number of benzene rings is 2. The minimum absolute atomic E-state index is 0. The molecule has 0 heterocycles. The summed E-state index contributed by atoms with van der Waals surface area (Å²) in [5, 5.41) is 25.1. The number of ether oxygens (including phenoxy) is 1. The van der Waals surface area contributed by atoms with Crippen molar-refractivity contribution in [2.45, 2.75) is 138 Å². The Morgan fingerprint density at radius 1 is 0.783 bits per heavy atom. The zero-order chi connectivity index (χ0) is 35.8. The van der Waals surface area contributed by atoms with Crippen LogP contribution in [0.25, 0.3) is 0 Å². The zero-order valence-electron chi connectivity index (χ0n) is 30.5. The highest BCUT2D eigenvalue weighted by Crippen LogP contribution is 2.33. The quantitative estimate of drug-likeness (QED) is 0.183. The van der Waals surface area contributed by atoms with Crippen LogP contribution in [-0.2, 0) is 9.53 Å². The molecule has 0 radical (unpaired) electrons. The molecule has 2 aromatic carbocycles. The molecule has 2 rings (SSSR count). The smallest absolute Gasteiger partial charge is 0.408 e. The number of carbonyl (C=O) groups is 2. The molecule has 0 saturated carbocycles. The maximum atomic E-state index is 11.7. The first-order valence-electron chi connectivity index (χ1n) is 16.5. The molecule has 8 nitrogen and oxygen atoms in total. The van der Waals surface area contributed by atoms with Gasteiger partial charge in [-0.1, -0.05) is 102 Å². The van der Waals surface area contributed by atoms with Gasteiger partial charge in [-0.15, -0.1) is 0 Å². The monoisotopic (exact) mass is 638 g/mol. The van der Waals surface area contributed by atoms with Crippen LogP contribution in [0.3, 0.4) is 0 Å². The third-order valence-electron chi connectivity index (χ3n) is 8.26. The number of nitrogens with zero attached hydrogens (tertiary/aromatic N) is 1. The van der Waals surface area contributed by atoms with Gasteiger partial charge in [-0.3, -0.25) is 5.32 Å². The van der Waals surface area contributed by atoms with Crippen molar-refractivity contribution in [2.24, 2.45) is 16.6 Å². The zero-order valence-corrected chi connectivity index (χ0v) is 30.5. The minimum Gasteiger partial charge on any atom is -0.480 e. The van der Waals surface area contributed by atoms with Crippen molar-refractivity contribution in [3.05, 3.63) is 71.8 Å². The number of nitrogens with one attached hydrogen (secondary N) is 2. The SMILES string of the molecule is CC(C)(C)N.CCC(C)(CC)[C@@H](NC(=O)OC(C)(C)C)C(=O)O.CCC(C)(CC)[C@H](C#N)NC(c1ccccc1)c1ccccc1. The summed E-state index contributed by atoms with van der Waals surface area (Å²) < 4.78 is 5.09. The molecule has 5 N–H and O–H groups in total. The van der Waals surface area contributed by atoms with E-state index in [1.807, 2.05) is 77.9 Å². The van der Waals surface area contributed by atoms with E-state index in [4.69, 9.17) is 10.5 Å². The predicted octanol–water partition coefficient (Wildman–Crippen LogP) is 8.62. The molecule has 0 saturated heterocycles. The fourth-order valence-electron chi connectivity index (χ4n) is 4.51. The van der Waals surface area contributed by atoms with Crippen molar-refractivity contribution in [1.82, 2.24) is 10.6 Å². The molecule has 0 aromatic heterocycles. The lowest BCUT2D eigenvalue weighted by molar-refractivity contribution is -0.143. The van der Waals surface area contributed by atoms with Crippen LogP contribution < -0.4 is 16.4 Å². The summed E-state index contributed by atoms with van der Waals surface area (Å²) in [6.07, 6.45) is 2.59. The Bertz CT molecular complexity index is 1140. The number of nitriles is 1. The molecular formula is C38H62N4O4. The third-order valence-corrected chi connectivity index (χ3v) is 8.26. The van der Waals surface area contributed by atoms with Crippen LogP contribution in [0.1, 0.15) is 126 Å². The largest absolute Gasteiger partial charge is 0.480 e. The van der Waals surface area contributed by atoms with Crippen LogP contribution in [-0.4, -0.2) is 40.4 Å². The van der Waals surface area contributed by atoms with E-state index in [1.54, 1.807) is 20.8 Å². The number of aliphatic carboxylic acids is 1. The van der Waals surface area contributed by atoms with Gasteiger partial charge >= 0.3 is 12.1 Å².